The fraction of sp³-hybridized carbons (Fsp3) is 0.296. The lowest BCUT2D eigenvalue weighted by Crippen LogP contribution is -2.48. The Balaban J connectivity index is 1.65. The maximum atomic E-state index is 13.8. The molecule has 0 spiro atoms. The lowest BCUT2D eigenvalue weighted by Gasteiger charge is -2.44. The molecule has 0 amide bonds. The maximum Gasteiger partial charge on any atom is 0.243 e. The van der Waals surface area contributed by atoms with Gasteiger partial charge in [-0.25, -0.2) is 8.42 Å². The summed E-state index contributed by atoms with van der Waals surface area (Å²) in [7, 11) is -1.76. The van der Waals surface area contributed by atoms with E-state index in [1.165, 1.54) is 0 Å². The molecule has 6 nitrogen and oxygen atoms in total. The number of sulfonamides is 1. The van der Waals surface area contributed by atoms with Crippen molar-refractivity contribution < 1.29 is 13.5 Å². The highest BCUT2D eigenvalue weighted by Crippen LogP contribution is 2.51. The third-order valence-corrected chi connectivity index (χ3v) is 9.10. The average molecular weight is 474 g/mol. The van der Waals surface area contributed by atoms with E-state index in [9.17, 15) is 18.8 Å². The molecule has 0 saturated carbocycles. The van der Waals surface area contributed by atoms with Gasteiger partial charge in [-0.3, -0.25) is 0 Å². The zero-order valence-corrected chi connectivity index (χ0v) is 20.0. The third-order valence-electron chi connectivity index (χ3n) is 7.22. The molecule has 2 heterocycles. The molecule has 1 N–H and O–H groups in total. The lowest BCUT2D eigenvalue weighted by molar-refractivity contribution is 0.193. The molecule has 5 rings (SSSR count). The maximum absolute atomic E-state index is 13.8. The van der Waals surface area contributed by atoms with Gasteiger partial charge in [-0.2, -0.15) is 9.57 Å². The second kappa shape index (κ2) is 8.55. The molecule has 174 valence electrons. The summed E-state index contributed by atoms with van der Waals surface area (Å²) in [5.41, 5.74) is 5.18. The van der Waals surface area contributed by atoms with Crippen LogP contribution in [-0.4, -0.2) is 44.1 Å². The second-order valence-corrected chi connectivity index (χ2v) is 11.0. The molecule has 2 aliphatic rings. The van der Waals surface area contributed by atoms with Crippen molar-refractivity contribution in [2.45, 2.75) is 30.3 Å². The van der Waals surface area contributed by atoms with E-state index in [4.69, 9.17) is 0 Å². The normalized spacial score (nSPS) is 22.2. The number of anilines is 1. The van der Waals surface area contributed by atoms with Gasteiger partial charge in [0.15, 0.2) is 0 Å². The van der Waals surface area contributed by atoms with Crippen molar-refractivity contribution >= 4 is 15.7 Å². The van der Waals surface area contributed by atoms with Crippen molar-refractivity contribution in [2.24, 2.45) is 5.92 Å². The Morgan fingerprint density at radius 2 is 1.82 bits per heavy atom. The molecule has 0 bridgehead atoms. The molecule has 34 heavy (non-hydrogen) atoms. The third kappa shape index (κ3) is 3.59. The van der Waals surface area contributed by atoms with Gasteiger partial charge in [0.05, 0.1) is 35.2 Å². The van der Waals surface area contributed by atoms with Crippen LogP contribution in [0.2, 0.25) is 0 Å². The van der Waals surface area contributed by atoms with Gasteiger partial charge in [0, 0.05) is 25.2 Å². The number of nitriles is 1. The summed E-state index contributed by atoms with van der Waals surface area (Å²) in [6, 6.07) is 22.2. The first-order chi connectivity index (χ1) is 16.3. The number of nitrogens with zero attached hydrogens (tertiary/aromatic N) is 3. The van der Waals surface area contributed by atoms with Crippen molar-refractivity contribution in [3.63, 3.8) is 0 Å². The molecule has 3 aromatic rings. The summed E-state index contributed by atoms with van der Waals surface area (Å²) >= 11 is 0. The van der Waals surface area contributed by atoms with E-state index in [2.05, 4.69) is 17.0 Å². The number of rotatable bonds is 4. The molecule has 2 aliphatic heterocycles. The SMILES string of the molecule is Cc1cccc(S(=O)(=O)N2CC[C@@H]3[C@H](CO)N(C)c4ccc(-c5cccc(C#N)c5)cc4[C@@H]32)c1. The quantitative estimate of drug-likeness (QED) is 0.617. The number of likely N-dealkylation sites (N-methyl/N-ethyl adjacent to an activating group) is 1. The van der Waals surface area contributed by atoms with Gasteiger partial charge in [-0.05, 0) is 72.0 Å². The molecule has 0 aromatic heterocycles. The fourth-order valence-corrected chi connectivity index (χ4v) is 7.31. The zero-order chi connectivity index (χ0) is 24.0. The molecule has 3 atom stereocenters. The molecular formula is C27H27N3O3S. The van der Waals surface area contributed by atoms with Gasteiger partial charge >= 0.3 is 0 Å². The Morgan fingerprint density at radius 3 is 2.56 bits per heavy atom. The van der Waals surface area contributed by atoms with Crippen LogP contribution in [0.25, 0.3) is 11.1 Å². The van der Waals surface area contributed by atoms with E-state index >= 15 is 0 Å². The Bertz CT molecular complexity index is 1400. The molecule has 1 fully saturated rings. The summed E-state index contributed by atoms with van der Waals surface area (Å²) in [5, 5.41) is 19.5. The predicted molar refractivity (Wildman–Crippen MR) is 132 cm³/mol. The molecule has 3 aromatic carbocycles. The Hall–Kier alpha value is -3.18. The minimum absolute atomic E-state index is 0.0252. The molecule has 7 heteroatoms. The molecule has 0 aliphatic carbocycles. The number of benzene rings is 3. The van der Waals surface area contributed by atoms with E-state index in [1.807, 2.05) is 50.4 Å². The van der Waals surface area contributed by atoms with Gasteiger partial charge in [0.2, 0.25) is 10.0 Å². The van der Waals surface area contributed by atoms with E-state index < -0.39 is 10.0 Å². The fourth-order valence-electron chi connectivity index (χ4n) is 5.54. The van der Waals surface area contributed by atoms with Gasteiger partial charge < -0.3 is 10.0 Å². The van der Waals surface area contributed by atoms with Crippen molar-refractivity contribution in [2.75, 3.05) is 25.1 Å². The van der Waals surface area contributed by atoms with Crippen LogP contribution in [0.5, 0.6) is 0 Å². The van der Waals surface area contributed by atoms with Crippen LogP contribution in [-0.2, 0) is 10.0 Å². The van der Waals surface area contributed by atoms with Crippen LogP contribution in [0.3, 0.4) is 0 Å². The van der Waals surface area contributed by atoms with E-state index in [1.54, 1.807) is 28.6 Å². The van der Waals surface area contributed by atoms with Crippen LogP contribution in [0.15, 0.2) is 71.6 Å². The first-order valence-corrected chi connectivity index (χ1v) is 12.9. The van der Waals surface area contributed by atoms with E-state index in [0.29, 0.717) is 23.4 Å². The molecule has 0 radical (unpaired) electrons. The minimum Gasteiger partial charge on any atom is -0.394 e. The molecule has 0 unspecified atom stereocenters. The first-order valence-electron chi connectivity index (χ1n) is 11.4. The lowest BCUT2D eigenvalue weighted by atomic mass is 9.81. The molecule has 1 saturated heterocycles. The van der Waals surface area contributed by atoms with Gasteiger partial charge in [0.1, 0.15) is 0 Å². The van der Waals surface area contributed by atoms with E-state index in [0.717, 1.165) is 27.9 Å². The van der Waals surface area contributed by atoms with Crippen LogP contribution >= 0.6 is 0 Å². The standard InChI is InChI=1S/C27H27N3O3S/c1-18-5-3-8-22(13-18)34(32,33)30-12-11-23-26(17-31)29(2)25-10-9-21(15-24(25)27(23)30)20-7-4-6-19(14-20)16-28/h3-10,13-15,23,26-27,31H,11-12,17H2,1-2H3/t23-,26+,27-/m1/s1. The van der Waals surface area contributed by atoms with Crippen molar-refractivity contribution in [1.82, 2.24) is 4.31 Å². The monoisotopic (exact) mass is 473 g/mol. The van der Waals surface area contributed by atoms with Crippen molar-refractivity contribution in [3.8, 4) is 17.2 Å². The van der Waals surface area contributed by atoms with Crippen LogP contribution in [0.1, 0.15) is 29.2 Å². The van der Waals surface area contributed by atoms with Crippen molar-refractivity contribution in [1.29, 1.82) is 5.26 Å². The second-order valence-electron chi connectivity index (χ2n) is 9.16. The highest BCUT2D eigenvalue weighted by atomic mass is 32.2. The molecular weight excluding hydrogens is 446 g/mol. The average Bonchev–Trinajstić information content (AvgIpc) is 3.30. The summed E-state index contributed by atoms with van der Waals surface area (Å²) in [6.07, 6.45) is 0.679. The van der Waals surface area contributed by atoms with Crippen LogP contribution in [0, 0.1) is 24.2 Å². The van der Waals surface area contributed by atoms with Gasteiger partial charge in [-0.15, -0.1) is 0 Å². The summed E-state index contributed by atoms with van der Waals surface area (Å²) < 4.78 is 29.2. The number of aliphatic hydroxyl groups is 1. The minimum atomic E-state index is -3.72. The number of hydrogen-bond donors (Lipinski definition) is 1. The van der Waals surface area contributed by atoms with Crippen LogP contribution in [0.4, 0.5) is 5.69 Å². The predicted octanol–water partition coefficient (Wildman–Crippen LogP) is 4.10. The number of fused-ring (bicyclic) bond motifs is 3. The summed E-state index contributed by atoms with van der Waals surface area (Å²) in [5.74, 6) is -0.0252. The number of aryl methyl sites for hydroxylation is 1. The summed E-state index contributed by atoms with van der Waals surface area (Å²) in [6.45, 7) is 2.25. The Morgan fingerprint density at radius 1 is 1.06 bits per heavy atom. The Labute approximate surface area is 200 Å². The van der Waals surface area contributed by atoms with Gasteiger partial charge in [0.25, 0.3) is 0 Å². The highest BCUT2D eigenvalue weighted by molar-refractivity contribution is 7.89. The Kier molecular flexibility index (Phi) is 5.68. The van der Waals surface area contributed by atoms with Gasteiger partial charge in [-0.1, -0.05) is 30.3 Å². The smallest absolute Gasteiger partial charge is 0.243 e. The van der Waals surface area contributed by atoms with Crippen molar-refractivity contribution in [3.05, 3.63) is 83.4 Å². The van der Waals surface area contributed by atoms with E-state index in [-0.39, 0.29) is 24.6 Å². The highest BCUT2D eigenvalue weighted by Gasteiger charge is 2.50. The zero-order valence-electron chi connectivity index (χ0n) is 19.2. The topological polar surface area (TPSA) is 84.6 Å². The first kappa shape index (κ1) is 22.6. The number of hydrogen-bond acceptors (Lipinski definition) is 5. The largest absolute Gasteiger partial charge is 0.394 e. The van der Waals surface area contributed by atoms with Crippen LogP contribution < -0.4 is 4.90 Å². The summed E-state index contributed by atoms with van der Waals surface area (Å²) in [4.78, 5) is 2.38. The number of aliphatic hydroxyl groups excluding tert-OH is 1.